The SMILES string of the molecule is COc1ccc(CCNC(=O)CNc2ccc(Cl)cc2)cc1OC. The third-order valence-electron chi connectivity index (χ3n) is 3.48. The first kappa shape index (κ1) is 17.9. The monoisotopic (exact) mass is 348 g/mol. The molecule has 0 spiro atoms. The van der Waals surface area contributed by atoms with Crippen LogP contribution in [0.15, 0.2) is 42.5 Å². The fraction of sp³-hybridized carbons (Fsp3) is 0.278. The van der Waals surface area contributed by atoms with Crippen molar-refractivity contribution >= 4 is 23.2 Å². The van der Waals surface area contributed by atoms with E-state index in [4.69, 9.17) is 21.1 Å². The molecule has 0 aliphatic carbocycles. The number of amides is 1. The Morgan fingerprint density at radius 1 is 1.04 bits per heavy atom. The highest BCUT2D eigenvalue weighted by Crippen LogP contribution is 2.27. The summed E-state index contributed by atoms with van der Waals surface area (Å²) in [6.07, 6.45) is 0.715. The summed E-state index contributed by atoms with van der Waals surface area (Å²) in [4.78, 5) is 11.9. The lowest BCUT2D eigenvalue weighted by atomic mass is 10.1. The fourth-order valence-corrected chi connectivity index (χ4v) is 2.32. The van der Waals surface area contributed by atoms with Crippen LogP contribution < -0.4 is 20.1 Å². The number of rotatable bonds is 8. The molecule has 2 N–H and O–H groups in total. The van der Waals surface area contributed by atoms with E-state index < -0.39 is 0 Å². The van der Waals surface area contributed by atoms with Gasteiger partial charge in [-0.3, -0.25) is 4.79 Å². The van der Waals surface area contributed by atoms with Gasteiger partial charge in [-0.2, -0.15) is 0 Å². The molecule has 0 atom stereocenters. The number of halogens is 1. The van der Waals surface area contributed by atoms with Crippen molar-refractivity contribution in [2.24, 2.45) is 0 Å². The van der Waals surface area contributed by atoms with Crippen molar-refractivity contribution in [1.29, 1.82) is 0 Å². The Labute approximate surface area is 146 Å². The van der Waals surface area contributed by atoms with Crippen molar-refractivity contribution < 1.29 is 14.3 Å². The van der Waals surface area contributed by atoms with Crippen molar-refractivity contribution in [3.63, 3.8) is 0 Å². The number of hydrogen-bond donors (Lipinski definition) is 2. The van der Waals surface area contributed by atoms with Gasteiger partial charge in [-0.25, -0.2) is 0 Å². The molecule has 0 aromatic heterocycles. The first-order valence-electron chi connectivity index (χ1n) is 7.59. The lowest BCUT2D eigenvalue weighted by Crippen LogP contribution is -2.31. The molecule has 0 aliphatic heterocycles. The van der Waals surface area contributed by atoms with Crippen LogP contribution in [0, 0.1) is 0 Å². The van der Waals surface area contributed by atoms with Crippen LogP contribution in [-0.2, 0) is 11.2 Å². The molecule has 2 aromatic rings. The van der Waals surface area contributed by atoms with Gasteiger partial charge in [0.15, 0.2) is 11.5 Å². The summed E-state index contributed by atoms with van der Waals surface area (Å²) in [6.45, 7) is 0.768. The number of methoxy groups -OCH3 is 2. The van der Waals surface area contributed by atoms with Crippen molar-refractivity contribution in [3.05, 3.63) is 53.1 Å². The van der Waals surface area contributed by atoms with Crippen molar-refractivity contribution in [3.8, 4) is 11.5 Å². The van der Waals surface area contributed by atoms with Gasteiger partial charge in [0.2, 0.25) is 5.91 Å². The predicted molar refractivity (Wildman–Crippen MR) is 96.2 cm³/mol. The van der Waals surface area contributed by atoms with E-state index in [-0.39, 0.29) is 12.5 Å². The number of carbonyl (C=O) groups excluding carboxylic acids is 1. The van der Waals surface area contributed by atoms with Gasteiger partial charge in [0.05, 0.1) is 20.8 Å². The lowest BCUT2D eigenvalue weighted by molar-refractivity contribution is -0.119. The van der Waals surface area contributed by atoms with E-state index in [0.717, 1.165) is 11.3 Å². The molecule has 24 heavy (non-hydrogen) atoms. The molecule has 0 aliphatic rings. The van der Waals surface area contributed by atoms with Crippen molar-refractivity contribution in [2.45, 2.75) is 6.42 Å². The van der Waals surface area contributed by atoms with Crippen LogP contribution in [0.2, 0.25) is 5.02 Å². The molecule has 2 aromatic carbocycles. The van der Waals surface area contributed by atoms with E-state index in [0.29, 0.717) is 29.5 Å². The minimum Gasteiger partial charge on any atom is -0.493 e. The van der Waals surface area contributed by atoms with Crippen LogP contribution in [-0.4, -0.2) is 33.2 Å². The summed E-state index contributed by atoms with van der Waals surface area (Å²) in [5.74, 6) is 1.31. The average Bonchev–Trinajstić information content (AvgIpc) is 2.61. The maximum absolute atomic E-state index is 11.9. The van der Waals surface area contributed by atoms with Gasteiger partial charge in [0, 0.05) is 17.3 Å². The Morgan fingerprint density at radius 3 is 2.42 bits per heavy atom. The van der Waals surface area contributed by atoms with Gasteiger partial charge < -0.3 is 20.1 Å². The molecule has 0 bridgehead atoms. The summed E-state index contributed by atoms with van der Waals surface area (Å²) in [6, 6.07) is 12.9. The highest BCUT2D eigenvalue weighted by atomic mass is 35.5. The number of hydrogen-bond acceptors (Lipinski definition) is 4. The molecule has 0 saturated carbocycles. The van der Waals surface area contributed by atoms with Crippen molar-refractivity contribution in [2.75, 3.05) is 32.6 Å². The van der Waals surface area contributed by atoms with E-state index in [1.165, 1.54) is 0 Å². The topological polar surface area (TPSA) is 59.6 Å². The zero-order chi connectivity index (χ0) is 17.4. The fourth-order valence-electron chi connectivity index (χ4n) is 2.19. The van der Waals surface area contributed by atoms with Gasteiger partial charge in [-0.1, -0.05) is 17.7 Å². The normalized spacial score (nSPS) is 10.1. The maximum Gasteiger partial charge on any atom is 0.239 e. The summed E-state index contributed by atoms with van der Waals surface area (Å²) in [5, 5.41) is 6.59. The highest BCUT2D eigenvalue weighted by molar-refractivity contribution is 6.30. The Kier molecular flexibility index (Phi) is 6.75. The molecule has 0 radical (unpaired) electrons. The number of anilines is 1. The highest BCUT2D eigenvalue weighted by Gasteiger charge is 2.05. The lowest BCUT2D eigenvalue weighted by Gasteiger charge is -2.10. The molecular formula is C18H21ClN2O3. The minimum absolute atomic E-state index is 0.0644. The van der Waals surface area contributed by atoms with Crippen LogP contribution >= 0.6 is 11.6 Å². The molecule has 6 heteroatoms. The molecule has 0 fully saturated rings. The van der Waals surface area contributed by atoms with E-state index in [2.05, 4.69) is 10.6 Å². The molecular weight excluding hydrogens is 328 g/mol. The zero-order valence-electron chi connectivity index (χ0n) is 13.8. The Balaban J connectivity index is 1.75. The van der Waals surface area contributed by atoms with Crippen LogP contribution in [0.25, 0.3) is 0 Å². The smallest absolute Gasteiger partial charge is 0.239 e. The standard InChI is InChI=1S/C18H21ClN2O3/c1-23-16-8-3-13(11-17(16)24-2)9-10-20-18(22)12-21-15-6-4-14(19)5-7-15/h3-8,11,21H,9-10,12H2,1-2H3,(H,20,22). The average molecular weight is 349 g/mol. The van der Waals surface area contributed by atoms with E-state index in [1.54, 1.807) is 26.4 Å². The second kappa shape index (κ2) is 9.03. The predicted octanol–water partition coefficient (Wildman–Crippen LogP) is 3.13. The van der Waals surface area contributed by atoms with Gasteiger partial charge in [0.25, 0.3) is 0 Å². The Hall–Kier alpha value is -2.40. The molecule has 0 unspecified atom stereocenters. The van der Waals surface area contributed by atoms with Gasteiger partial charge in [0.1, 0.15) is 0 Å². The van der Waals surface area contributed by atoms with E-state index in [9.17, 15) is 4.79 Å². The van der Waals surface area contributed by atoms with Crippen LogP contribution in [0.5, 0.6) is 11.5 Å². The Bertz CT molecular complexity index is 674. The summed E-state index contributed by atoms with van der Waals surface area (Å²) in [7, 11) is 3.21. The molecule has 0 heterocycles. The number of benzene rings is 2. The molecule has 1 amide bonds. The second-order valence-corrected chi connectivity index (χ2v) is 5.59. The van der Waals surface area contributed by atoms with Gasteiger partial charge in [-0.15, -0.1) is 0 Å². The van der Waals surface area contributed by atoms with Crippen LogP contribution in [0.3, 0.4) is 0 Å². The van der Waals surface area contributed by atoms with Gasteiger partial charge in [-0.05, 0) is 48.4 Å². The first-order valence-corrected chi connectivity index (χ1v) is 7.97. The quantitative estimate of drug-likeness (QED) is 0.769. The van der Waals surface area contributed by atoms with Gasteiger partial charge >= 0.3 is 0 Å². The zero-order valence-corrected chi connectivity index (χ0v) is 14.5. The summed E-state index contributed by atoms with van der Waals surface area (Å²) >= 11 is 5.82. The second-order valence-electron chi connectivity index (χ2n) is 5.15. The number of carbonyl (C=O) groups is 1. The van der Waals surface area contributed by atoms with E-state index in [1.807, 2.05) is 30.3 Å². The number of ether oxygens (including phenoxy) is 2. The molecule has 2 rings (SSSR count). The summed E-state index contributed by atoms with van der Waals surface area (Å²) < 4.78 is 10.5. The minimum atomic E-state index is -0.0644. The van der Waals surface area contributed by atoms with Crippen LogP contribution in [0.4, 0.5) is 5.69 Å². The Morgan fingerprint density at radius 2 is 1.75 bits per heavy atom. The van der Waals surface area contributed by atoms with Crippen LogP contribution in [0.1, 0.15) is 5.56 Å². The third-order valence-corrected chi connectivity index (χ3v) is 3.73. The third kappa shape index (κ3) is 5.35. The largest absolute Gasteiger partial charge is 0.493 e. The molecule has 128 valence electrons. The first-order chi connectivity index (χ1) is 11.6. The van der Waals surface area contributed by atoms with Crippen molar-refractivity contribution in [1.82, 2.24) is 5.32 Å². The maximum atomic E-state index is 11.9. The van der Waals surface area contributed by atoms with E-state index >= 15 is 0 Å². The molecule has 5 nitrogen and oxygen atoms in total. The molecule has 0 saturated heterocycles. The summed E-state index contributed by atoms with van der Waals surface area (Å²) in [5.41, 5.74) is 1.92. The number of nitrogens with one attached hydrogen (secondary N) is 2.